The van der Waals surface area contributed by atoms with E-state index in [9.17, 15) is 5.11 Å². The number of allylic oxidation sites excluding steroid dienone is 2. The minimum atomic E-state index is -1.86. The van der Waals surface area contributed by atoms with Gasteiger partial charge in [0.25, 0.3) is 0 Å². The highest BCUT2D eigenvalue weighted by molar-refractivity contribution is 5.28. The molecule has 1 rings (SSSR count). The maximum Gasteiger partial charge on any atom is 0.190 e. The fraction of sp³-hybridized carbons (Fsp3) is 0.556. The van der Waals surface area contributed by atoms with E-state index in [1.54, 1.807) is 6.08 Å². The Morgan fingerprint density at radius 2 is 2.17 bits per heavy atom. The van der Waals surface area contributed by atoms with Crippen molar-refractivity contribution in [2.24, 2.45) is 0 Å². The molecule has 3 heteroatoms. The second kappa shape index (κ2) is 3.29. The van der Waals surface area contributed by atoms with Crippen LogP contribution in [0.25, 0.3) is 0 Å². The van der Waals surface area contributed by atoms with E-state index in [4.69, 9.17) is 10.2 Å². The van der Waals surface area contributed by atoms with Crippen molar-refractivity contribution in [2.75, 3.05) is 0 Å². The molecule has 0 unspecified atom stereocenters. The summed E-state index contributed by atoms with van der Waals surface area (Å²) in [4.78, 5) is 0. The third-order valence-electron chi connectivity index (χ3n) is 1.87. The molecule has 0 bridgehead atoms. The Hall–Kier alpha value is -0.800. The summed E-state index contributed by atoms with van der Waals surface area (Å²) in [5.74, 6) is -1.77. The zero-order chi connectivity index (χ0) is 9.19. The average Bonchev–Trinajstić information content (AvgIpc) is 1.94. The Morgan fingerprint density at radius 3 is 2.67 bits per heavy atom. The summed E-state index contributed by atoms with van der Waals surface area (Å²) in [7, 11) is 0. The van der Waals surface area contributed by atoms with E-state index in [0.29, 0.717) is 0 Å². The monoisotopic (exact) mass is 170 g/mol. The molecule has 0 radical (unpaired) electrons. The maximum absolute atomic E-state index is 9.34. The third-order valence-corrected chi connectivity index (χ3v) is 1.87. The lowest BCUT2D eigenvalue weighted by Crippen LogP contribution is -2.28. The summed E-state index contributed by atoms with van der Waals surface area (Å²) in [6, 6.07) is 0. The van der Waals surface area contributed by atoms with Gasteiger partial charge < -0.3 is 15.3 Å². The molecule has 0 fully saturated rings. The first-order valence-electron chi connectivity index (χ1n) is 4.10. The van der Waals surface area contributed by atoms with E-state index < -0.39 is 5.79 Å². The molecule has 12 heavy (non-hydrogen) atoms. The van der Waals surface area contributed by atoms with Gasteiger partial charge >= 0.3 is 0 Å². The molecule has 0 aromatic carbocycles. The molecule has 0 aliphatic heterocycles. The first kappa shape index (κ1) is 9.29. The van der Waals surface area contributed by atoms with Crippen molar-refractivity contribution in [1.82, 2.24) is 0 Å². The SMILES string of the molecule is CCCC1=C(O)CC(O)(O)C=C1. The second-order valence-electron chi connectivity index (χ2n) is 3.11. The van der Waals surface area contributed by atoms with Crippen molar-refractivity contribution in [3.05, 3.63) is 23.5 Å². The van der Waals surface area contributed by atoms with Crippen LogP contribution in [0.5, 0.6) is 0 Å². The summed E-state index contributed by atoms with van der Waals surface area (Å²) < 4.78 is 0. The van der Waals surface area contributed by atoms with Gasteiger partial charge in [-0.1, -0.05) is 19.4 Å². The van der Waals surface area contributed by atoms with Crippen LogP contribution in [0, 0.1) is 0 Å². The normalized spacial score (nSPS) is 21.6. The maximum atomic E-state index is 9.34. The summed E-state index contributed by atoms with van der Waals surface area (Å²) in [5.41, 5.74) is 0.802. The molecule has 1 aliphatic rings. The Balaban J connectivity index is 2.73. The van der Waals surface area contributed by atoms with Gasteiger partial charge in [-0.3, -0.25) is 0 Å². The van der Waals surface area contributed by atoms with Crippen molar-refractivity contribution in [3.63, 3.8) is 0 Å². The van der Waals surface area contributed by atoms with E-state index in [0.717, 1.165) is 18.4 Å². The Bertz CT molecular complexity index is 226. The Morgan fingerprint density at radius 1 is 1.50 bits per heavy atom. The highest BCUT2D eigenvalue weighted by Crippen LogP contribution is 2.25. The van der Waals surface area contributed by atoms with Gasteiger partial charge in [0.05, 0.1) is 6.42 Å². The molecule has 1 aliphatic carbocycles. The predicted molar refractivity (Wildman–Crippen MR) is 45.5 cm³/mol. The number of aliphatic hydroxyl groups excluding tert-OH is 1. The molecule has 0 aromatic rings. The molecule has 0 atom stereocenters. The van der Waals surface area contributed by atoms with Crippen LogP contribution < -0.4 is 0 Å². The fourth-order valence-corrected chi connectivity index (χ4v) is 1.25. The van der Waals surface area contributed by atoms with Crippen molar-refractivity contribution in [3.8, 4) is 0 Å². The summed E-state index contributed by atoms with van der Waals surface area (Å²) in [6.45, 7) is 2.01. The van der Waals surface area contributed by atoms with Crippen LogP contribution in [0.3, 0.4) is 0 Å². The van der Waals surface area contributed by atoms with Gasteiger partial charge in [-0.25, -0.2) is 0 Å². The van der Waals surface area contributed by atoms with Gasteiger partial charge in [0.2, 0.25) is 0 Å². The van der Waals surface area contributed by atoms with E-state index in [2.05, 4.69) is 0 Å². The third kappa shape index (κ3) is 2.09. The topological polar surface area (TPSA) is 60.7 Å². The largest absolute Gasteiger partial charge is 0.512 e. The minimum absolute atomic E-state index is 0.0874. The molecular formula is C9H14O3. The Labute approximate surface area is 71.7 Å². The average molecular weight is 170 g/mol. The highest BCUT2D eigenvalue weighted by atomic mass is 16.5. The van der Waals surface area contributed by atoms with Gasteiger partial charge in [-0.05, 0) is 18.1 Å². The number of aliphatic hydroxyl groups is 3. The van der Waals surface area contributed by atoms with Crippen LogP contribution >= 0.6 is 0 Å². The minimum Gasteiger partial charge on any atom is -0.512 e. The molecule has 3 N–H and O–H groups in total. The molecule has 0 heterocycles. The van der Waals surface area contributed by atoms with Crippen LogP contribution in [0.2, 0.25) is 0 Å². The van der Waals surface area contributed by atoms with Crippen molar-refractivity contribution in [1.29, 1.82) is 0 Å². The molecule has 0 aromatic heterocycles. The lowest BCUT2D eigenvalue weighted by molar-refractivity contribution is -0.122. The highest BCUT2D eigenvalue weighted by Gasteiger charge is 2.25. The van der Waals surface area contributed by atoms with Crippen molar-refractivity contribution >= 4 is 0 Å². The van der Waals surface area contributed by atoms with Crippen LogP contribution in [0.4, 0.5) is 0 Å². The van der Waals surface area contributed by atoms with Gasteiger partial charge in [-0.15, -0.1) is 0 Å². The molecule has 0 amide bonds. The summed E-state index contributed by atoms with van der Waals surface area (Å²) in [5, 5.41) is 27.6. The van der Waals surface area contributed by atoms with E-state index >= 15 is 0 Å². The molecule has 68 valence electrons. The smallest absolute Gasteiger partial charge is 0.190 e. The number of hydrogen-bond donors (Lipinski definition) is 3. The molecule has 3 nitrogen and oxygen atoms in total. The quantitative estimate of drug-likeness (QED) is 0.546. The van der Waals surface area contributed by atoms with Crippen LogP contribution in [-0.4, -0.2) is 21.1 Å². The summed E-state index contributed by atoms with van der Waals surface area (Å²) in [6.07, 6.45) is 4.49. The van der Waals surface area contributed by atoms with Gasteiger partial charge in [-0.2, -0.15) is 0 Å². The van der Waals surface area contributed by atoms with Crippen LogP contribution in [0.1, 0.15) is 26.2 Å². The molecule has 0 saturated carbocycles. The van der Waals surface area contributed by atoms with Gasteiger partial charge in [0.1, 0.15) is 5.76 Å². The van der Waals surface area contributed by atoms with E-state index in [-0.39, 0.29) is 12.2 Å². The first-order valence-corrected chi connectivity index (χ1v) is 4.10. The van der Waals surface area contributed by atoms with E-state index in [1.165, 1.54) is 6.08 Å². The van der Waals surface area contributed by atoms with Crippen molar-refractivity contribution in [2.45, 2.75) is 32.0 Å². The van der Waals surface area contributed by atoms with E-state index in [1.807, 2.05) is 6.92 Å². The molecule has 0 spiro atoms. The van der Waals surface area contributed by atoms with Crippen LogP contribution in [-0.2, 0) is 0 Å². The lowest BCUT2D eigenvalue weighted by atomic mass is 9.97. The second-order valence-corrected chi connectivity index (χ2v) is 3.11. The molecule has 0 saturated heterocycles. The summed E-state index contributed by atoms with van der Waals surface area (Å²) >= 11 is 0. The van der Waals surface area contributed by atoms with Gasteiger partial charge in [0.15, 0.2) is 5.79 Å². The molecular weight excluding hydrogens is 156 g/mol. The number of rotatable bonds is 2. The lowest BCUT2D eigenvalue weighted by Gasteiger charge is -2.22. The zero-order valence-electron chi connectivity index (χ0n) is 7.12. The zero-order valence-corrected chi connectivity index (χ0v) is 7.12. The predicted octanol–water partition coefficient (Wildman–Crippen LogP) is 1.24. The standard InChI is InChI=1S/C9H14O3/c1-2-3-7-4-5-9(11,12)6-8(7)10/h4-5,10-12H,2-3,6H2,1H3. The fourth-order valence-electron chi connectivity index (χ4n) is 1.25. The van der Waals surface area contributed by atoms with Crippen molar-refractivity contribution < 1.29 is 15.3 Å². The number of hydrogen-bond acceptors (Lipinski definition) is 3. The van der Waals surface area contributed by atoms with Crippen LogP contribution in [0.15, 0.2) is 23.5 Å². The van der Waals surface area contributed by atoms with Gasteiger partial charge in [0, 0.05) is 0 Å². The Kier molecular flexibility index (Phi) is 2.55. The first-order chi connectivity index (χ1) is 5.55.